The van der Waals surface area contributed by atoms with Crippen molar-refractivity contribution in [2.75, 3.05) is 30.4 Å². The summed E-state index contributed by atoms with van der Waals surface area (Å²) in [7, 11) is 0. The largest absolute Gasteiger partial charge is 0.381 e. The van der Waals surface area contributed by atoms with E-state index in [4.69, 9.17) is 16.3 Å². The van der Waals surface area contributed by atoms with Gasteiger partial charge in [0.05, 0.1) is 16.9 Å². The maximum atomic E-state index is 14.6. The second kappa shape index (κ2) is 9.72. The SMILES string of the molecule is Fc1cnc(NC2CCCCC2)cc1-c1nc(NCC2CCOCC2)ccc1Cl. The lowest BCUT2D eigenvalue weighted by molar-refractivity contribution is 0.0699. The molecule has 2 aromatic heterocycles. The van der Waals surface area contributed by atoms with Crippen LogP contribution in [0.3, 0.4) is 0 Å². The average Bonchev–Trinajstić information content (AvgIpc) is 2.76. The molecule has 0 bridgehead atoms. The Labute approximate surface area is 176 Å². The van der Waals surface area contributed by atoms with Crippen LogP contribution in [0.1, 0.15) is 44.9 Å². The third-order valence-corrected chi connectivity index (χ3v) is 6.13. The number of halogens is 2. The van der Waals surface area contributed by atoms with Gasteiger partial charge in [0.2, 0.25) is 0 Å². The topological polar surface area (TPSA) is 59.1 Å². The van der Waals surface area contributed by atoms with Crippen molar-refractivity contribution in [2.45, 2.75) is 51.0 Å². The molecule has 0 aromatic carbocycles. The van der Waals surface area contributed by atoms with Crippen LogP contribution < -0.4 is 10.6 Å². The first-order valence-corrected chi connectivity index (χ1v) is 11.0. The summed E-state index contributed by atoms with van der Waals surface area (Å²) < 4.78 is 20.0. The first-order valence-electron chi connectivity index (χ1n) is 10.6. The van der Waals surface area contributed by atoms with Crippen molar-refractivity contribution in [1.29, 1.82) is 0 Å². The van der Waals surface area contributed by atoms with Crippen LogP contribution >= 0.6 is 11.6 Å². The zero-order valence-corrected chi connectivity index (χ0v) is 17.3. The van der Waals surface area contributed by atoms with Crippen LogP contribution in [0.5, 0.6) is 0 Å². The molecule has 7 heteroatoms. The number of hydrogen-bond acceptors (Lipinski definition) is 5. The Morgan fingerprint density at radius 1 is 1.07 bits per heavy atom. The van der Waals surface area contributed by atoms with Crippen molar-refractivity contribution in [3.8, 4) is 11.3 Å². The standard InChI is InChI=1S/C22H28ClFN4O/c23-18-6-7-20(25-13-15-8-10-29-11-9-15)28-22(18)17-12-21(26-14-19(17)24)27-16-4-2-1-3-5-16/h6-7,12,14-16H,1-5,8-11,13H2,(H,25,28)(H,26,27). The molecule has 2 N–H and O–H groups in total. The number of rotatable bonds is 6. The Morgan fingerprint density at radius 3 is 2.66 bits per heavy atom. The van der Waals surface area contributed by atoms with Crippen molar-refractivity contribution >= 4 is 23.2 Å². The van der Waals surface area contributed by atoms with E-state index in [-0.39, 0.29) is 0 Å². The molecule has 1 saturated carbocycles. The van der Waals surface area contributed by atoms with E-state index in [2.05, 4.69) is 20.6 Å². The van der Waals surface area contributed by atoms with Crippen LogP contribution in [-0.4, -0.2) is 35.8 Å². The molecule has 156 valence electrons. The van der Waals surface area contributed by atoms with Gasteiger partial charge in [0.25, 0.3) is 0 Å². The number of nitrogens with zero attached hydrogens (tertiary/aromatic N) is 2. The highest BCUT2D eigenvalue weighted by molar-refractivity contribution is 6.33. The molecule has 29 heavy (non-hydrogen) atoms. The number of hydrogen-bond donors (Lipinski definition) is 2. The molecule has 4 rings (SSSR count). The highest BCUT2D eigenvalue weighted by atomic mass is 35.5. The first kappa shape index (κ1) is 20.4. The predicted molar refractivity (Wildman–Crippen MR) is 115 cm³/mol. The Kier molecular flexibility index (Phi) is 6.82. The number of anilines is 2. The third-order valence-electron chi connectivity index (χ3n) is 5.83. The summed E-state index contributed by atoms with van der Waals surface area (Å²) in [5, 5.41) is 7.24. The van der Waals surface area contributed by atoms with Gasteiger partial charge in [-0.05, 0) is 49.8 Å². The van der Waals surface area contributed by atoms with Gasteiger partial charge in [-0.25, -0.2) is 14.4 Å². The van der Waals surface area contributed by atoms with E-state index in [1.807, 2.05) is 6.07 Å². The fourth-order valence-electron chi connectivity index (χ4n) is 4.08. The van der Waals surface area contributed by atoms with Gasteiger partial charge in [0.15, 0.2) is 5.82 Å². The maximum absolute atomic E-state index is 14.6. The smallest absolute Gasteiger partial charge is 0.151 e. The van der Waals surface area contributed by atoms with Gasteiger partial charge in [0.1, 0.15) is 11.6 Å². The molecule has 1 saturated heterocycles. The third kappa shape index (κ3) is 5.37. The van der Waals surface area contributed by atoms with E-state index in [1.165, 1.54) is 25.5 Å². The van der Waals surface area contributed by atoms with Gasteiger partial charge in [-0.3, -0.25) is 0 Å². The zero-order valence-electron chi connectivity index (χ0n) is 16.6. The van der Waals surface area contributed by atoms with E-state index >= 15 is 0 Å². The molecule has 1 aliphatic carbocycles. The van der Waals surface area contributed by atoms with Crippen LogP contribution in [0.2, 0.25) is 5.02 Å². The van der Waals surface area contributed by atoms with Gasteiger partial charge in [0, 0.05) is 31.4 Å². The van der Waals surface area contributed by atoms with Gasteiger partial charge in [-0.1, -0.05) is 30.9 Å². The second-order valence-corrected chi connectivity index (χ2v) is 8.40. The minimum absolute atomic E-state index is 0.373. The molecule has 0 atom stereocenters. The Morgan fingerprint density at radius 2 is 1.86 bits per heavy atom. The minimum Gasteiger partial charge on any atom is -0.381 e. The summed E-state index contributed by atoms with van der Waals surface area (Å²) in [6.07, 6.45) is 9.32. The molecule has 5 nitrogen and oxygen atoms in total. The number of pyridine rings is 2. The van der Waals surface area contributed by atoms with E-state index in [0.29, 0.717) is 39.9 Å². The lowest BCUT2D eigenvalue weighted by atomic mass is 9.95. The van der Waals surface area contributed by atoms with Crippen LogP contribution in [0, 0.1) is 11.7 Å². The normalized spacial score (nSPS) is 18.6. The summed E-state index contributed by atoms with van der Waals surface area (Å²) in [6, 6.07) is 5.72. The second-order valence-electron chi connectivity index (χ2n) is 7.99. The summed E-state index contributed by atoms with van der Waals surface area (Å²) in [4.78, 5) is 8.83. The quantitative estimate of drug-likeness (QED) is 0.646. The van der Waals surface area contributed by atoms with Crippen molar-refractivity contribution in [1.82, 2.24) is 9.97 Å². The molecule has 0 radical (unpaired) electrons. The summed E-state index contributed by atoms with van der Waals surface area (Å²) in [6.45, 7) is 2.44. The van der Waals surface area contributed by atoms with Crippen molar-refractivity contribution in [3.05, 3.63) is 35.2 Å². The monoisotopic (exact) mass is 418 g/mol. The Hall–Kier alpha value is -1.92. The molecule has 2 fully saturated rings. The van der Waals surface area contributed by atoms with Gasteiger partial charge in [-0.15, -0.1) is 0 Å². The molecular weight excluding hydrogens is 391 g/mol. The molecule has 2 aromatic rings. The molecule has 0 unspecified atom stereocenters. The molecule has 3 heterocycles. The average molecular weight is 419 g/mol. The number of ether oxygens (including phenoxy) is 1. The van der Waals surface area contributed by atoms with E-state index in [1.54, 1.807) is 12.1 Å². The molecular formula is C22H28ClFN4O. The first-order chi connectivity index (χ1) is 14.2. The zero-order chi connectivity index (χ0) is 20.1. The lowest BCUT2D eigenvalue weighted by Gasteiger charge is -2.23. The predicted octanol–water partition coefficient (Wildman–Crippen LogP) is 5.52. The fraction of sp³-hybridized carbons (Fsp3) is 0.545. The Balaban J connectivity index is 1.50. The van der Waals surface area contributed by atoms with Crippen molar-refractivity contribution in [3.63, 3.8) is 0 Å². The lowest BCUT2D eigenvalue weighted by Crippen LogP contribution is -2.23. The van der Waals surface area contributed by atoms with Crippen molar-refractivity contribution < 1.29 is 9.13 Å². The van der Waals surface area contributed by atoms with Gasteiger partial charge in [-0.2, -0.15) is 0 Å². The van der Waals surface area contributed by atoms with E-state index in [9.17, 15) is 4.39 Å². The van der Waals surface area contributed by atoms with E-state index < -0.39 is 5.82 Å². The van der Waals surface area contributed by atoms with Crippen LogP contribution in [0.4, 0.5) is 16.0 Å². The van der Waals surface area contributed by atoms with Gasteiger partial charge < -0.3 is 15.4 Å². The molecule has 1 aliphatic heterocycles. The fourth-order valence-corrected chi connectivity index (χ4v) is 4.29. The summed E-state index contributed by atoms with van der Waals surface area (Å²) in [5.74, 6) is 1.52. The highest BCUT2D eigenvalue weighted by Gasteiger charge is 2.18. The number of nitrogens with one attached hydrogen (secondary N) is 2. The van der Waals surface area contributed by atoms with Crippen LogP contribution in [-0.2, 0) is 4.74 Å². The summed E-state index contributed by atoms with van der Waals surface area (Å²) in [5.41, 5.74) is 0.813. The highest BCUT2D eigenvalue weighted by Crippen LogP contribution is 2.31. The summed E-state index contributed by atoms with van der Waals surface area (Å²) >= 11 is 6.38. The van der Waals surface area contributed by atoms with Crippen molar-refractivity contribution in [2.24, 2.45) is 5.92 Å². The molecule has 0 amide bonds. The van der Waals surface area contributed by atoms with E-state index in [0.717, 1.165) is 45.4 Å². The maximum Gasteiger partial charge on any atom is 0.151 e. The Bertz CT molecular complexity index is 822. The van der Waals surface area contributed by atoms with Crippen LogP contribution in [0.25, 0.3) is 11.3 Å². The van der Waals surface area contributed by atoms with Gasteiger partial charge >= 0.3 is 0 Å². The molecule has 0 spiro atoms. The molecule has 2 aliphatic rings. The van der Waals surface area contributed by atoms with Crippen LogP contribution in [0.15, 0.2) is 24.4 Å². The number of aromatic nitrogens is 2. The minimum atomic E-state index is -0.421.